The predicted molar refractivity (Wildman–Crippen MR) is 88.2 cm³/mol. The van der Waals surface area contributed by atoms with Gasteiger partial charge in [0, 0.05) is 19.6 Å². The zero-order valence-corrected chi connectivity index (χ0v) is 14.0. The first-order chi connectivity index (χ1) is 11.5. The van der Waals surface area contributed by atoms with Crippen molar-refractivity contribution in [1.29, 1.82) is 0 Å². The van der Waals surface area contributed by atoms with E-state index >= 15 is 0 Å². The standard InChI is InChI=1S/C18H26F2N2O2/c19-17(20)24-16-6-3-5-15(11-16)12-22-10-4-7-18(23,14-22)13-21-8-1-2-9-21/h3,5-6,11,17,23H,1-2,4,7-10,12-14H2. The number of hydrogen-bond acceptors (Lipinski definition) is 4. The van der Waals surface area contributed by atoms with Crippen LogP contribution in [0.3, 0.4) is 0 Å². The smallest absolute Gasteiger partial charge is 0.387 e. The average Bonchev–Trinajstić information content (AvgIpc) is 2.99. The number of piperidine rings is 1. The molecular formula is C18H26F2N2O2. The molecule has 0 saturated carbocycles. The van der Waals surface area contributed by atoms with E-state index in [0.717, 1.165) is 44.6 Å². The third-order valence-corrected chi connectivity index (χ3v) is 4.88. The van der Waals surface area contributed by atoms with Crippen LogP contribution in [-0.4, -0.2) is 59.8 Å². The largest absolute Gasteiger partial charge is 0.435 e. The minimum Gasteiger partial charge on any atom is -0.435 e. The Kier molecular flexibility index (Phi) is 5.69. The van der Waals surface area contributed by atoms with Gasteiger partial charge in [-0.15, -0.1) is 0 Å². The van der Waals surface area contributed by atoms with Gasteiger partial charge in [0.15, 0.2) is 0 Å². The minimum atomic E-state index is -2.80. The van der Waals surface area contributed by atoms with Gasteiger partial charge in [-0.3, -0.25) is 4.90 Å². The van der Waals surface area contributed by atoms with Crippen LogP contribution in [0.5, 0.6) is 5.75 Å². The van der Waals surface area contributed by atoms with E-state index in [1.807, 2.05) is 6.07 Å². The van der Waals surface area contributed by atoms with E-state index in [0.29, 0.717) is 13.1 Å². The summed E-state index contributed by atoms with van der Waals surface area (Å²) in [7, 11) is 0. The maximum atomic E-state index is 12.3. The monoisotopic (exact) mass is 340 g/mol. The number of alkyl halides is 2. The summed E-state index contributed by atoms with van der Waals surface area (Å²) in [5.74, 6) is 0.187. The molecule has 0 amide bonds. The van der Waals surface area contributed by atoms with Crippen LogP contribution in [0.15, 0.2) is 24.3 Å². The molecule has 0 spiro atoms. The molecular weight excluding hydrogens is 314 g/mol. The molecule has 1 aromatic carbocycles. The Bertz CT molecular complexity index is 538. The van der Waals surface area contributed by atoms with Gasteiger partial charge in [0.05, 0.1) is 5.60 Å². The second-order valence-corrected chi connectivity index (χ2v) is 7.05. The lowest BCUT2D eigenvalue weighted by atomic mass is 9.92. The fourth-order valence-corrected chi connectivity index (χ4v) is 3.91. The van der Waals surface area contributed by atoms with Gasteiger partial charge in [-0.05, 0) is 63.0 Å². The quantitative estimate of drug-likeness (QED) is 0.864. The molecule has 2 fully saturated rings. The molecule has 2 aliphatic heterocycles. The molecule has 3 rings (SSSR count). The number of hydrogen-bond donors (Lipinski definition) is 1. The van der Waals surface area contributed by atoms with Crippen LogP contribution in [0.2, 0.25) is 0 Å². The summed E-state index contributed by atoms with van der Waals surface area (Å²) >= 11 is 0. The van der Waals surface area contributed by atoms with Crippen molar-refractivity contribution in [3.05, 3.63) is 29.8 Å². The van der Waals surface area contributed by atoms with Crippen molar-refractivity contribution in [3.8, 4) is 5.75 Å². The molecule has 4 nitrogen and oxygen atoms in total. The Labute approximate surface area is 142 Å². The van der Waals surface area contributed by atoms with Crippen molar-refractivity contribution >= 4 is 0 Å². The molecule has 0 bridgehead atoms. The van der Waals surface area contributed by atoms with E-state index in [1.165, 1.54) is 18.9 Å². The number of likely N-dealkylation sites (tertiary alicyclic amines) is 2. The number of halogens is 2. The van der Waals surface area contributed by atoms with E-state index in [4.69, 9.17) is 0 Å². The van der Waals surface area contributed by atoms with Crippen molar-refractivity contribution in [1.82, 2.24) is 9.80 Å². The first-order valence-corrected chi connectivity index (χ1v) is 8.73. The molecule has 134 valence electrons. The van der Waals surface area contributed by atoms with Crippen LogP contribution in [0, 0.1) is 0 Å². The fourth-order valence-electron chi connectivity index (χ4n) is 3.91. The molecule has 0 aromatic heterocycles. The van der Waals surface area contributed by atoms with Gasteiger partial charge in [-0.1, -0.05) is 12.1 Å². The average molecular weight is 340 g/mol. The van der Waals surface area contributed by atoms with Crippen molar-refractivity contribution in [2.45, 2.75) is 44.4 Å². The Morgan fingerprint density at radius 2 is 1.88 bits per heavy atom. The number of aliphatic hydroxyl groups is 1. The molecule has 24 heavy (non-hydrogen) atoms. The molecule has 1 N–H and O–H groups in total. The minimum absolute atomic E-state index is 0.187. The van der Waals surface area contributed by atoms with Crippen LogP contribution in [0.1, 0.15) is 31.2 Å². The maximum absolute atomic E-state index is 12.3. The van der Waals surface area contributed by atoms with Crippen LogP contribution < -0.4 is 4.74 Å². The van der Waals surface area contributed by atoms with Crippen LogP contribution >= 0.6 is 0 Å². The first-order valence-electron chi connectivity index (χ1n) is 8.73. The molecule has 6 heteroatoms. The molecule has 0 aliphatic carbocycles. The SMILES string of the molecule is OC1(CN2CCCC2)CCCN(Cc2cccc(OC(F)F)c2)C1. The molecule has 2 aliphatic rings. The van der Waals surface area contributed by atoms with Gasteiger partial charge >= 0.3 is 6.61 Å². The van der Waals surface area contributed by atoms with Crippen molar-refractivity contribution in [3.63, 3.8) is 0 Å². The van der Waals surface area contributed by atoms with E-state index < -0.39 is 12.2 Å². The van der Waals surface area contributed by atoms with E-state index in [2.05, 4.69) is 14.5 Å². The van der Waals surface area contributed by atoms with Crippen molar-refractivity contribution < 1.29 is 18.6 Å². The Morgan fingerprint density at radius 1 is 1.12 bits per heavy atom. The summed E-state index contributed by atoms with van der Waals surface area (Å²) in [6.07, 6.45) is 4.22. The zero-order chi connectivity index (χ0) is 17.0. The number of rotatable bonds is 6. The summed E-state index contributed by atoms with van der Waals surface area (Å²) in [5.41, 5.74) is 0.262. The highest BCUT2D eigenvalue weighted by atomic mass is 19.3. The van der Waals surface area contributed by atoms with Gasteiger partial charge in [-0.25, -0.2) is 0 Å². The van der Waals surface area contributed by atoms with E-state index in [-0.39, 0.29) is 5.75 Å². The van der Waals surface area contributed by atoms with E-state index in [1.54, 1.807) is 12.1 Å². The zero-order valence-electron chi connectivity index (χ0n) is 14.0. The second-order valence-electron chi connectivity index (χ2n) is 7.05. The lowest BCUT2D eigenvalue weighted by Crippen LogP contribution is -2.53. The second kappa shape index (κ2) is 7.76. The number of ether oxygens (including phenoxy) is 1. The Morgan fingerprint density at radius 3 is 2.62 bits per heavy atom. The van der Waals surface area contributed by atoms with Gasteiger partial charge in [-0.2, -0.15) is 8.78 Å². The third kappa shape index (κ3) is 4.88. The summed E-state index contributed by atoms with van der Waals surface area (Å²) in [4.78, 5) is 4.56. The maximum Gasteiger partial charge on any atom is 0.387 e. The Balaban J connectivity index is 1.58. The molecule has 1 unspecified atom stereocenters. The molecule has 1 atom stereocenters. The lowest BCUT2D eigenvalue weighted by molar-refractivity contribution is -0.0523. The summed E-state index contributed by atoms with van der Waals surface area (Å²) in [6, 6.07) is 6.83. The van der Waals surface area contributed by atoms with Gasteiger partial charge in [0.25, 0.3) is 0 Å². The lowest BCUT2D eigenvalue weighted by Gasteiger charge is -2.41. The third-order valence-electron chi connectivity index (χ3n) is 4.88. The highest BCUT2D eigenvalue weighted by Gasteiger charge is 2.35. The Hall–Kier alpha value is -1.24. The predicted octanol–water partition coefficient (Wildman–Crippen LogP) is 2.71. The molecule has 1 aromatic rings. The van der Waals surface area contributed by atoms with E-state index in [9.17, 15) is 13.9 Å². The summed E-state index contributed by atoms with van der Waals surface area (Å²) < 4.78 is 29.1. The number of β-amino-alcohol motifs (C(OH)–C–C–N with tert-alkyl or cyclic N) is 1. The normalized spacial score (nSPS) is 26.2. The molecule has 2 saturated heterocycles. The van der Waals surface area contributed by atoms with Crippen molar-refractivity contribution in [2.24, 2.45) is 0 Å². The molecule has 0 radical (unpaired) electrons. The van der Waals surface area contributed by atoms with Crippen LogP contribution in [0.25, 0.3) is 0 Å². The number of nitrogens with zero attached hydrogens (tertiary/aromatic N) is 2. The topological polar surface area (TPSA) is 35.9 Å². The van der Waals surface area contributed by atoms with Gasteiger partial charge in [0.1, 0.15) is 5.75 Å². The van der Waals surface area contributed by atoms with Gasteiger partial charge < -0.3 is 14.7 Å². The highest BCUT2D eigenvalue weighted by Crippen LogP contribution is 2.26. The molecule has 2 heterocycles. The number of benzene rings is 1. The first kappa shape index (κ1) is 17.6. The van der Waals surface area contributed by atoms with Crippen molar-refractivity contribution in [2.75, 3.05) is 32.7 Å². The summed E-state index contributed by atoms with van der Waals surface area (Å²) in [6.45, 7) is 2.28. The fraction of sp³-hybridized carbons (Fsp3) is 0.667. The van der Waals surface area contributed by atoms with Gasteiger partial charge in [0.2, 0.25) is 0 Å². The summed E-state index contributed by atoms with van der Waals surface area (Å²) in [5, 5.41) is 10.9. The highest BCUT2D eigenvalue weighted by molar-refractivity contribution is 5.28. The van der Waals surface area contributed by atoms with Crippen LogP contribution in [-0.2, 0) is 6.54 Å². The van der Waals surface area contributed by atoms with Crippen LogP contribution in [0.4, 0.5) is 8.78 Å².